The molecular formula is C19H50N4. The van der Waals surface area contributed by atoms with E-state index < -0.39 is 0 Å². The molecule has 1 rings (SSSR count). The number of rotatable bonds is 5. The van der Waals surface area contributed by atoms with Gasteiger partial charge in [-0.2, -0.15) is 0 Å². The maximum Gasteiger partial charge on any atom is 0.0110 e. The van der Waals surface area contributed by atoms with Crippen LogP contribution in [0.25, 0.3) is 0 Å². The Hall–Kier alpha value is -0.160. The van der Waals surface area contributed by atoms with E-state index in [1.807, 2.05) is 13.8 Å². The minimum Gasteiger partial charge on any atom is -0.328 e. The highest BCUT2D eigenvalue weighted by Crippen LogP contribution is 1.97. The van der Waals surface area contributed by atoms with Crippen LogP contribution in [0.5, 0.6) is 0 Å². The number of hydrogen-bond acceptors (Lipinski definition) is 4. The van der Waals surface area contributed by atoms with E-state index in [1.54, 1.807) is 0 Å². The lowest BCUT2D eigenvalue weighted by Crippen LogP contribution is -2.46. The fraction of sp³-hybridized carbons (Fsp3) is 1.00. The Morgan fingerprint density at radius 2 is 1.30 bits per heavy atom. The van der Waals surface area contributed by atoms with Gasteiger partial charge in [-0.3, -0.25) is 4.90 Å². The number of nitrogens with one attached hydrogen (secondary N) is 1. The Kier molecular flexibility index (Phi) is 29.1. The van der Waals surface area contributed by atoms with Crippen molar-refractivity contribution in [1.29, 1.82) is 0 Å². The molecule has 0 aromatic carbocycles. The van der Waals surface area contributed by atoms with Gasteiger partial charge in [-0.25, -0.2) is 0 Å². The van der Waals surface area contributed by atoms with Crippen LogP contribution in [0, 0.1) is 0 Å². The second-order valence-corrected chi connectivity index (χ2v) is 6.43. The van der Waals surface area contributed by atoms with Crippen LogP contribution in [0.2, 0.25) is 0 Å². The zero-order valence-electron chi connectivity index (χ0n) is 15.8. The van der Waals surface area contributed by atoms with Gasteiger partial charge in [-0.1, -0.05) is 42.5 Å². The Balaban J connectivity index is -0.000000120. The van der Waals surface area contributed by atoms with Crippen LogP contribution in [-0.4, -0.2) is 68.2 Å². The molecule has 0 amide bonds. The molecule has 0 aromatic heterocycles. The maximum atomic E-state index is 5.11. The Morgan fingerprint density at radius 3 is 1.52 bits per heavy atom. The van der Waals surface area contributed by atoms with Gasteiger partial charge in [-0.15, -0.1) is 0 Å². The van der Waals surface area contributed by atoms with Gasteiger partial charge in [-0.05, 0) is 52.9 Å². The van der Waals surface area contributed by atoms with Crippen molar-refractivity contribution in [2.45, 2.75) is 81.3 Å². The molecule has 0 saturated carbocycles. The summed E-state index contributed by atoms with van der Waals surface area (Å²) >= 11 is 0. The van der Waals surface area contributed by atoms with Crippen LogP contribution >= 0.6 is 0 Å². The lowest BCUT2D eigenvalue weighted by Gasteiger charge is -2.30. The van der Waals surface area contributed by atoms with E-state index in [1.165, 1.54) is 39.0 Å². The monoisotopic (exact) mass is 334 g/mol. The highest BCUT2D eigenvalue weighted by atomic mass is 15.2. The standard InChI is InChI=1S/C7H16N2.C7H17N.C3H9N.2CH4/c1-7(2)9-5-3-8-4-6-9;1-4-6-8(3)7-5-2;1-3(2)4;;/h7-8H,3-6H2,1-2H3;4-7H2,1-3H3;3H,4H2,1-2H3;2*1H4. The predicted molar refractivity (Wildman–Crippen MR) is 110 cm³/mol. The summed E-state index contributed by atoms with van der Waals surface area (Å²) < 4.78 is 0. The van der Waals surface area contributed by atoms with Crippen LogP contribution in [0.4, 0.5) is 0 Å². The van der Waals surface area contributed by atoms with Crippen molar-refractivity contribution < 1.29 is 0 Å². The zero-order valence-corrected chi connectivity index (χ0v) is 15.8. The molecule has 1 aliphatic heterocycles. The van der Waals surface area contributed by atoms with Gasteiger partial charge in [0.15, 0.2) is 0 Å². The van der Waals surface area contributed by atoms with E-state index >= 15 is 0 Å². The number of nitrogens with zero attached hydrogens (tertiary/aromatic N) is 2. The summed E-state index contributed by atoms with van der Waals surface area (Å²) in [5.74, 6) is 0. The highest BCUT2D eigenvalue weighted by Gasteiger charge is 2.11. The third kappa shape index (κ3) is 27.0. The molecule has 23 heavy (non-hydrogen) atoms. The molecule has 1 fully saturated rings. The lowest BCUT2D eigenvalue weighted by atomic mass is 10.3. The first-order valence-electron chi connectivity index (χ1n) is 8.73. The van der Waals surface area contributed by atoms with Crippen molar-refractivity contribution in [1.82, 2.24) is 15.1 Å². The van der Waals surface area contributed by atoms with Crippen LogP contribution < -0.4 is 11.1 Å². The van der Waals surface area contributed by atoms with Gasteiger partial charge in [0.05, 0.1) is 0 Å². The third-order valence-electron chi connectivity index (χ3n) is 3.09. The minimum absolute atomic E-state index is 0. The predicted octanol–water partition coefficient (Wildman–Crippen LogP) is 3.66. The Bertz CT molecular complexity index is 181. The SMILES string of the molecule is C.C.CC(C)N.CC(C)N1CCNCC1.CCCN(C)CCC. The molecule has 1 saturated heterocycles. The van der Waals surface area contributed by atoms with E-state index in [0.717, 1.165) is 19.1 Å². The number of nitrogens with two attached hydrogens (primary N) is 1. The van der Waals surface area contributed by atoms with E-state index in [0.29, 0.717) is 6.04 Å². The highest BCUT2D eigenvalue weighted by molar-refractivity contribution is 4.69. The largest absolute Gasteiger partial charge is 0.328 e. The van der Waals surface area contributed by atoms with Gasteiger partial charge in [0.2, 0.25) is 0 Å². The topological polar surface area (TPSA) is 44.5 Å². The summed E-state index contributed by atoms with van der Waals surface area (Å²) in [7, 11) is 2.17. The molecular weight excluding hydrogens is 284 g/mol. The fourth-order valence-electron chi connectivity index (χ4n) is 2.07. The van der Waals surface area contributed by atoms with Crippen molar-refractivity contribution in [3.8, 4) is 0 Å². The molecule has 146 valence electrons. The van der Waals surface area contributed by atoms with Crippen molar-refractivity contribution in [3.05, 3.63) is 0 Å². The summed E-state index contributed by atoms with van der Waals surface area (Å²) in [5, 5.41) is 3.33. The van der Waals surface area contributed by atoms with Crippen molar-refractivity contribution in [2.24, 2.45) is 5.73 Å². The third-order valence-corrected chi connectivity index (χ3v) is 3.09. The van der Waals surface area contributed by atoms with Gasteiger partial charge >= 0.3 is 0 Å². The molecule has 0 aliphatic carbocycles. The van der Waals surface area contributed by atoms with E-state index in [9.17, 15) is 0 Å². The zero-order chi connectivity index (χ0) is 16.7. The van der Waals surface area contributed by atoms with Crippen molar-refractivity contribution in [2.75, 3.05) is 46.3 Å². The van der Waals surface area contributed by atoms with Crippen molar-refractivity contribution in [3.63, 3.8) is 0 Å². The van der Waals surface area contributed by atoms with Crippen LogP contribution in [0.15, 0.2) is 0 Å². The molecule has 0 atom stereocenters. The fourth-order valence-corrected chi connectivity index (χ4v) is 2.07. The Morgan fingerprint density at radius 1 is 0.957 bits per heavy atom. The number of hydrogen-bond donors (Lipinski definition) is 2. The van der Waals surface area contributed by atoms with Crippen LogP contribution in [0.3, 0.4) is 0 Å². The second kappa shape index (κ2) is 21.8. The Labute approximate surface area is 149 Å². The molecule has 0 unspecified atom stereocenters. The number of piperazine rings is 1. The average Bonchev–Trinajstić information content (AvgIpc) is 2.40. The summed E-state index contributed by atoms with van der Waals surface area (Å²) in [5.41, 5.74) is 5.11. The summed E-state index contributed by atoms with van der Waals surface area (Å²) in [6.07, 6.45) is 2.55. The first-order valence-corrected chi connectivity index (χ1v) is 8.73. The molecule has 0 radical (unpaired) electrons. The summed E-state index contributed by atoms with van der Waals surface area (Å²) in [4.78, 5) is 4.86. The quantitative estimate of drug-likeness (QED) is 0.805. The van der Waals surface area contributed by atoms with Crippen LogP contribution in [0.1, 0.15) is 69.2 Å². The molecule has 0 spiro atoms. The second-order valence-electron chi connectivity index (χ2n) is 6.43. The summed E-state index contributed by atoms with van der Waals surface area (Å²) in [6, 6.07) is 1.06. The van der Waals surface area contributed by atoms with Gasteiger partial charge in [0.1, 0.15) is 0 Å². The molecule has 1 heterocycles. The van der Waals surface area contributed by atoms with Gasteiger partial charge in [0, 0.05) is 32.2 Å². The average molecular weight is 335 g/mol. The smallest absolute Gasteiger partial charge is 0.0110 e. The molecule has 4 nitrogen and oxygen atoms in total. The molecule has 0 aromatic rings. The molecule has 3 N–H and O–H groups in total. The molecule has 0 bridgehead atoms. The van der Waals surface area contributed by atoms with Crippen LogP contribution in [-0.2, 0) is 0 Å². The minimum atomic E-state index is 0. The maximum absolute atomic E-state index is 5.11. The van der Waals surface area contributed by atoms with Gasteiger partial charge < -0.3 is 16.0 Å². The lowest BCUT2D eigenvalue weighted by molar-refractivity contribution is 0.196. The first-order chi connectivity index (χ1) is 9.84. The summed E-state index contributed by atoms with van der Waals surface area (Å²) in [6.45, 7) is 20.1. The normalized spacial score (nSPS) is 14.2. The molecule has 4 heteroatoms. The van der Waals surface area contributed by atoms with E-state index in [4.69, 9.17) is 5.73 Å². The van der Waals surface area contributed by atoms with Crippen molar-refractivity contribution >= 4 is 0 Å². The van der Waals surface area contributed by atoms with Gasteiger partial charge in [0.25, 0.3) is 0 Å². The molecule has 1 aliphatic rings. The van der Waals surface area contributed by atoms with E-state index in [2.05, 4.69) is 49.9 Å². The van der Waals surface area contributed by atoms with E-state index in [-0.39, 0.29) is 14.9 Å². The first kappa shape index (κ1) is 30.7.